The van der Waals surface area contributed by atoms with Crippen LogP contribution in [0.1, 0.15) is 17.5 Å². The number of allylic oxidation sites excluding steroid dienone is 2. The zero-order chi connectivity index (χ0) is 32.3. The summed E-state index contributed by atoms with van der Waals surface area (Å²) < 4.78 is 21.9. The Bertz CT molecular complexity index is 1330. The van der Waals surface area contributed by atoms with Crippen molar-refractivity contribution in [2.24, 2.45) is 0 Å². The number of likely N-dealkylation sites (N-methyl/N-ethyl adjacent to an activating group) is 2. The molecule has 2 fully saturated rings. The molecule has 12 nitrogen and oxygen atoms in total. The fraction of sp³-hybridized carbons (Fsp3) is 0.394. The van der Waals surface area contributed by atoms with Gasteiger partial charge in [-0.2, -0.15) is 0 Å². The molecule has 2 saturated heterocycles. The normalized spacial score (nSPS) is 16.2. The average Bonchev–Trinajstić information content (AvgIpc) is 3.04. The molecule has 2 amide bonds. The summed E-state index contributed by atoms with van der Waals surface area (Å²) in [4.78, 5) is 57.6. The SMILES string of the molecule is COc1cc(/C=C/C(=O)CC(=O)/C=C/c2ccc(OC(=O)N3CCN(C)CC3)c(OC)c2)ccc1OC(=O)N1CCN(C)CC1. The molecule has 0 aliphatic carbocycles. The number of methoxy groups -OCH3 is 2. The standard InChI is InChI=1S/C33H40N4O8/c1-34-13-17-36(18-14-34)32(40)44-28-11-7-24(21-30(28)42-3)5-9-26(38)23-27(39)10-6-25-8-12-29(31(22-25)43-4)45-33(41)37-19-15-35(2)16-20-37/h5-12,21-22H,13-20,23H2,1-4H3/b9-5+,10-6+. The molecule has 0 atom stereocenters. The first kappa shape index (κ1) is 33.2. The van der Waals surface area contributed by atoms with E-state index in [1.54, 1.807) is 58.4 Å². The van der Waals surface area contributed by atoms with Gasteiger partial charge in [0.15, 0.2) is 34.6 Å². The first-order valence-corrected chi connectivity index (χ1v) is 14.7. The highest BCUT2D eigenvalue weighted by Crippen LogP contribution is 2.30. The second-order valence-electron chi connectivity index (χ2n) is 10.9. The number of piperazine rings is 2. The lowest BCUT2D eigenvalue weighted by atomic mass is 10.1. The fourth-order valence-corrected chi connectivity index (χ4v) is 4.71. The largest absolute Gasteiger partial charge is 0.493 e. The van der Waals surface area contributed by atoms with Gasteiger partial charge in [0.05, 0.1) is 20.6 Å². The van der Waals surface area contributed by atoms with Crippen molar-refractivity contribution in [2.75, 3.05) is 80.7 Å². The third-order valence-electron chi connectivity index (χ3n) is 7.56. The number of hydrogen-bond acceptors (Lipinski definition) is 10. The fourth-order valence-electron chi connectivity index (χ4n) is 4.71. The molecule has 0 radical (unpaired) electrons. The highest BCUT2D eigenvalue weighted by atomic mass is 16.6. The quantitative estimate of drug-likeness (QED) is 0.289. The highest BCUT2D eigenvalue weighted by Gasteiger charge is 2.23. The van der Waals surface area contributed by atoms with Crippen LogP contribution in [0.5, 0.6) is 23.0 Å². The predicted molar refractivity (Wildman–Crippen MR) is 169 cm³/mol. The predicted octanol–water partition coefficient (Wildman–Crippen LogP) is 3.45. The zero-order valence-electron chi connectivity index (χ0n) is 26.2. The van der Waals surface area contributed by atoms with Crippen LogP contribution in [0.4, 0.5) is 9.59 Å². The van der Waals surface area contributed by atoms with Gasteiger partial charge in [-0.25, -0.2) is 9.59 Å². The smallest absolute Gasteiger partial charge is 0.415 e. The monoisotopic (exact) mass is 620 g/mol. The van der Waals surface area contributed by atoms with E-state index in [0.29, 0.717) is 48.8 Å². The van der Waals surface area contributed by atoms with Gasteiger partial charge in [-0.3, -0.25) is 9.59 Å². The van der Waals surface area contributed by atoms with Crippen LogP contribution in [0.2, 0.25) is 0 Å². The third-order valence-corrected chi connectivity index (χ3v) is 7.56. The lowest BCUT2D eigenvalue weighted by Gasteiger charge is -2.31. The van der Waals surface area contributed by atoms with Gasteiger partial charge in [0.1, 0.15) is 0 Å². The van der Waals surface area contributed by atoms with E-state index in [4.69, 9.17) is 18.9 Å². The van der Waals surface area contributed by atoms with E-state index in [0.717, 1.165) is 26.2 Å². The molecule has 0 aromatic heterocycles. The molecular formula is C33H40N4O8. The van der Waals surface area contributed by atoms with Gasteiger partial charge in [0.25, 0.3) is 0 Å². The van der Waals surface area contributed by atoms with Crippen molar-refractivity contribution in [1.82, 2.24) is 19.6 Å². The number of nitrogens with zero attached hydrogens (tertiary/aromatic N) is 4. The molecule has 2 aromatic rings. The van der Waals surface area contributed by atoms with Gasteiger partial charge >= 0.3 is 12.2 Å². The molecule has 45 heavy (non-hydrogen) atoms. The second-order valence-corrected chi connectivity index (χ2v) is 10.9. The summed E-state index contributed by atoms with van der Waals surface area (Å²) in [7, 11) is 6.95. The Labute approximate surface area is 263 Å². The molecule has 2 heterocycles. The molecule has 4 rings (SSSR count). The van der Waals surface area contributed by atoms with Crippen LogP contribution in [-0.2, 0) is 9.59 Å². The lowest BCUT2D eigenvalue weighted by Crippen LogP contribution is -2.48. The maximum absolute atomic E-state index is 12.5. The van der Waals surface area contributed by atoms with Crippen molar-refractivity contribution >= 4 is 35.9 Å². The summed E-state index contributed by atoms with van der Waals surface area (Å²) >= 11 is 0. The Balaban J connectivity index is 1.29. The molecule has 240 valence electrons. The van der Waals surface area contributed by atoms with Gasteiger partial charge in [-0.1, -0.05) is 24.3 Å². The van der Waals surface area contributed by atoms with Crippen molar-refractivity contribution in [1.29, 1.82) is 0 Å². The molecule has 0 bridgehead atoms. The average molecular weight is 621 g/mol. The van der Waals surface area contributed by atoms with Crippen molar-refractivity contribution in [3.05, 3.63) is 59.7 Å². The van der Waals surface area contributed by atoms with Gasteiger partial charge in [0, 0.05) is 52.4 Å². The van der Waals surface area contributed by atoms with Crippen LogP contribution in [0.3, 0.4) is 0 Å². The van der Waals surface area contributed by atoms with E-state index >= 15 is 0 Å². The number of amides is 2. The van der Waals surface area contributed by atoms with Crippen LogP contribution in [0.25, 0.3) is 12.2 Å². The van der Waals surface area contributed by atoms with E-state index in [2.05, 4.69) is 9.80 Å². The molecule has 0 unspecified atom stereocenters. The molecule has 2 aliphatic heterocycles. The molecule has 0 N–H and O–H groups in total. The second kappa shape index (κ2) is 15.9. The number of hydrogen-bond donors (Lipinski definition) is 0. The van der Waals surface area contributed by atoms with Crippen LogP contribution in [0, 0.1) is 0 Å². The Morgan fingerprint density at radius 1 is 0.600 bits per heavy atom. The summed E-state index contributed by atoms with van der Waals surface area (Å²) in [6.07, 6.45) is 4.59. The van der Waals surface area contributed by atoms with Crippen LogP contribution in [-0.4, -0.2) is 124 Å². The van der Waals surface area contributed by atoms with Crippen molar-refractivity contribution in [3.63, 3.8) is 0 Å². The first-order valence-electron chi connectivity index (χ1n) is 14.7. The van der Waals surface area contributed by atoms with Crippen LogP contribution in [0.15, 0.2) is 48.6 Å². The number of ether oxygens (including phenoxy) is 4. The summed E-state index contributed by atoms with van der Waals surface area (Å²) in [6, 6.07) is 9.91. The Morgan fingerprint density at radius 3 is 1.33 bits per heavy atom. The topological polar surface area (TPSA) is 118 Å². The number of benzene rings is 2. The van der Waals surface area contributed by atoms with E-state index < -0.39 is 12.2 Å². The molecule has 12 heteroatoms. The number of rotatable bonds is 10. The molecule has 2 aromatic carbocycles. The Morgan fingerprint density at radius 2 is 0.978 bits per heavy atom. The van der Waals surface area contributed by atoms with Crippen molar-refractivity contribution < 1.29 is 38.1 Å². The van der Waals surface area contributed by atoms with Gasteiger partial charge in [-0.15, -0.1) is 0 Å². The summed E-state index contributed by atoms with van der Waals surface area (Å²) in [5.74, 6) is 0.505. The van der Waals surface area contributed by atoms with Crippen molar-refractivity contribution in [3.8, 4) is 23.0 Å². The van der Waals surface area contributed by atoms with E-state index in [1.165, 1.54) is 26.4 Å². The van der Waals surface area contributed by atoms with Crippen molar-refractivity contribution in [2.45, 2.75) is 6.42 Å². The zero-order valence-corrected chi connectivity index (χ0v) is 26.2. The molecular weight excluding hydrogens is 580 g/mol. The Kier molecular flexibility index (Phi) is 11.7. The maximum Gasteiger partial charge on any atom is 0.415 e. The van der Waals surface area contributed by atoms with E-state index in [1.807, 2.05) is 14.1 Å². The summed E-state index contributed by atoms with van der Waals surface area (Å²) in [5.41, 5.74) is 1.28. The highest BCUT2D eigenvalue weighted by molar-refractivity contribution is 6.10. The van der Waals surface area contributed by atoms with E-state index in [9.17, 15) is 19.2 Å². The number of carbonyl (C=O) groups is 4. The van der Waals surface area contributed by atoms with Crippen LogP contribution < -0.4 is 18.9 Å². The third kappa shape index (κ3) is 9.65. The first-order chi connectivity index (χ1) is 21.6. The minimum Gasteiger partial charge on any atom is -0.493 e. The minimum atomic E-state index is -0.439. The molecule has 0 saturated carbocycles. The lowest BCUT2D eigenvalue weighted by molar-refractivity contribution is -0.121. The van der Waals surface area contributed by atoms with Crippen LogP contribution >= 0.6 is 0 Å². The Hall–Kier alpha value is -4.68. The van der Waals surface area contributed by atoms with E-state index in [-0.39, 0.29) is 29.5 Å². The minimum absolute atomic E-state index is 0.281. The molecule has 0 spiro atoms. The summed E-state index contributed by atoms with van der Waals surface area (Å²) in [6.45, 7) is 5.46. The number of carbonyl (C=O) groups excluding carboxylic acids is 4. The maximum atomic E-state index is 12.5. The van der Waals surface area contributed by atoms with Gasteiger partial charge in [0.2, 0.25) is 0 Å². The summed E-state index contributed by atoms with van der Waals surface area (Å²) in [5, 5.41) is 0. The van der Waals surface area contributed by atoms with Gasteiger partial charge < -0.3 is 38.5 Å². The van der Waals surface area contributed by atoms with Gasteiger partial charge in [-0.05, 0) is 61.6 Å². The molecule has 2 aliphatic rings. The number of ketones is 2.